The summed E-state index contributed by atoms with van der Waals surface area (Å²) < 4.78 is 25.2. The van der Waals surface area contributed by atoms with Crippen molar-refractivity contribution in [2.45, 2.75) is 39.2 Å². The van der Waals surface area contributed by atoms with Crippen LogP contribution in [0.15, 0.2) is 0 Å². The maximum Gasteiger partial charge on any atom is 0.306 e. The van der Waals surface area contributed by atoms with Crippen LogP contribution < -0.4 is 0 Å². The average Bonchev–Trinajstić information content (AvgIpc) is 2.10. The molecule has 4 nitrogen and oxygen atoms in total. The molecule has 0 radical (unpaired) electrons. The van der Waals surface area contributed by atoms with E-state index >= 15 is 0 Å². The van der Waals surface area contributed by atoms with Gasteiger partial charge in [0, 0.05) is 5.75 Å². The van der Waals surface area contributed by atoms with Crippen LogP contribution in [0.3, 0.4) is 0 Å². The standard InChI is InChI=1S/C8H16O4S/c1-3-7(4-2)12-8(9)5-6-13(10)11/h7H,3-6H2,1-2H3,(H,10,11)/p-1. The number of carbonyl (C=O) groups is 1. The van der Waals surface area contributed by atoms with Gasteiger partial charge in [0.15, 0.2) is 0 Å². The maximum atomic E-state index is 11.0. The molecule has 13 heavy (non-hydrogen) atoms. The molecule has 0 aromatic carbocycles. The first kappa shape index (κ1) is 12.6. The number of ether oxygens (including phenoxy) is 1. The molecule has 0 spiro atoms. The highest BCUT2D eigenvalue weighted by molar-refractivity contribution is 7.79. The van der Waals surface area contributed by atoms with Crippen LogP contribution in [-0.4, -0.2) is 26.6 Å². The summed E-state index contributed by atoms with van der Waals surface area (Å²) in [5.74, 6) is -0.586. The zero-order chi connectivity index (χ0) is 10.3. The van der Waals surface area contributed by atoms with Crippen molar-refractivity contribution in [3.05, 3.63) is 0 Å². The highest BCUT2D eigenvalue weighted by Crippen LogP contribution is 2.04. The first-order chi connectivity index (χ1) is 6.10. The number of hydrogen-bond acceptors (Lipinski definition) is 4. The average molecular weight is 207 g/mol. The van der Waals surface area contributed by atoms with Gasteiger partial charge in [-0.2, -0.15) is 0 Å². The van der Waals surface area contributed by atoms with Crippen LogP contribution in [0.25, 0.3) is 0 Å². The zero-order valence-electron chi connectivity index (χ0n) is 7.95. The van der Waals surface area contributed by atoms with Crippen LogP contribution in [0.5, 0.6) is 0 Å². The highest BCUT2D eigenvalue weighted by Gasteiger charge is 2.09. The molecule has 78 valence electrons. The Kier molecular flexibility index (Phi) is 6.80. The van der Waals surface area contributed by atoms with Crippen LogP contribution in [0.2, 0.25) is 0 Å². The highest BCUT2D eigenvalue weighted by atomic mass is 32.2. The molecule has 0 aliphatic rings. The third kappa shape index (κ3) is 6.72. The maximum absolute atomic E-state index is 11.0. The predicted octanol–water partition coefficient (Wildman–Crippen LogP) is 0.987. The Morgan fingerprint density at radius 2 is 2.00 bits per heavy atom. The van der Waals surface area contributed by atoms with Gasteiger partial charge in [0.05, 0.1) is 6.42 Å². The summed E-state index contributed by atoms with van der Waals surface area (Å²) in [5.41, 5.74) is 0. The molecule has 0 aliphatic carbocycles. The summed E-state index contributed by atoms with van der Waals surface area (Å²) in [6, 6.07) is 0. The van der Waals surface area contributed by atoms with Crippen molar-refractivity contribution in [3.8, 4) is 0 Å². The fourth-order valence-corrected chi connectivity index (χ4v) is 1.20. The lowest BCUT2D eigenvalue weighted by atomic mass is 10.2. The van der Waals surface area contributed by atoms with E-state index in [0.717, 1.165) is 12.8 Å². The number of hydrogen-bond donors (Lipinski definition) is 0. The Labute approximate surface area is 80.9 Å². The quantitative estimate of drug-likeness (QED) is 0.481. The fraction of sp³-hybridized carbons (Fsp3) is 0.875. The van der Waals surface area contributed by atoms with E-state index in [9.17, 15) is 13.6 Å². The summed E-state index contributed by atoms with van der Waals surface area (Å²) in [6.07, 6.45) is 1.41. The summed E-state index contributed by atoms with van der Waals surface area (Å²) in [5, 5.41) is 0. The van der Waals surface area contributed by atoms with E-state index < -0.39 is 17.0 Å². The Bertz CT molecular complexity index is 177. The summed E-state index contributed by atoms with van der Waals surface area (Å²) >= 11 is -2.16. The van der Waals surface area contributed by atoms with Crippen molar-refractivity contribution in [1.82, 2.24) is 0 Å². The predicted molar refractivity (Wildman–Crippen MR) is 48.9 cm³/mol. The van der Waals surface area contributed by atoms with Crippen molar-refractivity contribution < 1.29 is 18.3 Å². The van der Waals surface area contributed by atoms with E-state index in [1.165, 1.54) is 0 Å². The molecule has 0 aromatic rings. The monoisotopic (exact) mass is 207 g/mol. The molecule has 0 fully saturated rings. The molecule has 0 saturated carbocycles. The van der Waals surface area contributed by atoms with E-state index in [0.29, 0.717) is 0 Å². The van der Waals surface area contributed by atoms with Gasteiger partial charge in [0.25, 0.3) is 0 Å². The lowest BCUT2D eigenvalue weighted by Gasteiger charge is -2.14. The summed E-state index contributed by atoms with van der Waals surface area (Å²) in [4.78, 5) is 11.0. The number of esters is 1. The van der Waals surface area contributed by atoms with E-state index in [-0.39, 0.29) is 18.3 Å². The van der Waals surface area contributed by atoms with E-state index in [4.69, 9.17) is 4.74 Å². The third-order valence-electron chi connectivity index (χ3n) is 1.68. The number of rotatable bonds is 6. The van der Waals surface area contributed by atoms with Gasteiger partial charge in [-0.25, -0.2) is 0 Å². The molecule has 0 rings (SSSR count). The van der Waals surface area contributed by atoms with Crippen molar-refractivity contribution in [1.29, 1.82) is 0 Å². The molecular weight excluding hydrogens is 192 g/mol. The molecular formula is C8H15O4S-. The lowest BCUT2D eigenvalue weighted by molar-refractivity contribution is -0.148. The largest absolute Gasteiger partial charge is 0.772 e. The van der Waals surface area contributed by atoms with Crippen LogP contribution in [0, 0.1) is 0 Å². The van der Waals surface area contributed by atoms with Gasteiger partial charge in [-0.05, 0) is 12.8 Å². The minimum absolute atomic E-state index is 0.0490. The fourth-order valence-electron chi connectivity index (χ4n) is 0.867. The number of carbonyl (C=O) groups excluding carboxylic acids is 1. The molecule has 0 saturated heterocycles. The molecule has 0 aliphatic heterocycles. The minimum Gasteiger partial charge on any atom is -0.772 e. The van der Waals surface area contributed by atoms with Crippen molar-refractivity contribution in [3.63, 3.8) is 0 Å². The van der Waals surface area contributed by atoms with Crippen LogP contribution in [0.1, 0.15) is 33.1 Å². The second-order valence-corrected chi connectivity index (χ2v) is 3.70. The molecule has 5 heteroatoms. The first-order valence-corrected chi connectivity index (χ1v) is 5.59. The van der Waals surface area contributed by atoms with Gasteiger partial charge in [-0.15, -0.1) is 0 Å². The molecule has 0 amide bonds. The van der Waals surface area contributed by atoms with E-state index in [2.05, 4.69) is 0 Å². The van der Waals surface area contributed by atoms with Gasteiger partial charge < -0.3 is 9.29 Å². The Morgan fingerprint density at radius 1 is 1.46 bits per heavy atom. The van der Waals surface area contributed by atoms with E-state index in [1.54, 1.807) is 0 Å². The lowest BCUT2D eigenvalue weighted by Crippen LogP contribution is -2.17. The molecule has 1 unspecified atom stereocenters. The Balaban J connectivity index is 3.66. The van der Waals surface area contributed by atoms with Gasteiger partial charge in [0.2, 0.25) is 0 Å². The smallest absolute Gasteiger partial charge is 0.306 e. The normalized spacial score (nSPS) is 12.9. The Morgan fingerprint density at radius 3 is 2.38 bits per heavy atom. The molecule has 0 heterocycles. The minimum atomic E-state index is -2.16. The van der Waals surface area contributed by atoms with Gasteiger partial charge in [0.1, 0.15) is 6.10 Å². The molecule has 0 N–H and O–H groups in total. The van der Waals surface area contributed by atoms with E-state index in [1.807, 2.05) is 13.8 Å². The van der Waals surface area contributed by atoms with Crippen molar-refractivity contribution >= 4 is 17.0 Å². The summed E-state index contributed by atoms with van der Waals surface area (Å²) in [7, 11) is 0. The van der Waals surface area contributed by atoms with Gasteiger partial charge >= 0.3 is 5.97 Å². The van der Waals surface area contributed by atoms with Crippen molar-refractivity contribution in [2.24, 2.45) is 0 Å². The van der Waals surface area contributed by atoms with Crippen LogP contribution >= 0.6 is 0 Å². The Hall–Kier alpha value is -0.420. The van der Waals surface area contributed by atoms with Crippen LogP contribution in [-0.2, 0) is 20.6 Å². The molecule has 0 bridgehead atoms. The van der Waals surface area contributed by atoms with Gasteiger partial charge in [-0.1, -0.05) is 24.9 Å². The third-order valence-corrected chi connectivity index (χ3v) is 2.22. The SMILES string of the molecule is CCC(CC)OC(=O)CCS(=O)[O-]. The first-order valence-electron chi connectivity index (χ1n) is 4.35. The topological polar surface area (TPSA) is 66.4 Å². The van der Waals surface area contributed by atoms with Crippen LogP contribution in [0.4, 0.5) is 0 Å². The molecule has 0 aromatic heterocycles. The summed E-state index contributed by atoms with van der Waals surface area (Å²) in [6.45, 7) is 3.85. The second kappa shape index (κ2) is 7.03. The van der Waals surface area contributed by atoms with Gasteiger partial charge in [-0.3, -0.25) is 9.00 Å². The van der Waals surface area contributed by atoms with Crippen molar-refractivity contribution in [2.75, 3.05) is 5.75 Å². The zero-order valence-corrected chi connectivity index (χ0v) is 8.76. The second-order valence-electron chi connectivity index (χ2n) is 2.69. The molecule has 1 atom stereocenters.